The van der Waals surface area contributed by atoms with Crippen molar-refractivity contribution < 1.29 is 0 Å². The van der Waals surface area contributed by atoms with Crippen LogP contribution in [0.1, 0.15) is 46.2 Å². The van der Waals surface area contributed by atoms with Gasteiger partial charge in [-0.25, -0.2) is 4.98 Å². The van der Waals surface area contributed by atoms with Gasteiger partial charge in [-0.05, 0) is 18.8 Å². The molecule has 1 aliphatic rings. The molecule has 1 aromatic heterocycles. The van der Waals surface area contributed by atoms with Crippen LogP contribution < -0.4 is 4.90 Å². The van der Waals surface area contributed by atoms with Gasteiger partial charge in [-0.15, -0.1) is 0 Å². The monoisotopic (exact) mass is 237 g/mol. The maximum Gasteiger partial charge on any atom is 0.154 e. The van der Waals surface area contributed by atoms with Crippen LogP contribution >= 0.6 is 11.3 Å². The van der Waals surface area contributed by atoms with Gasteiger partial charge in [0.1, 0.15) is 5.00 Å². The van der Waals surface area contributed by atoms with Gasteiger partial charge in [-0.2, -0.15) is 0 Å². The minimum atomic E-state index is 0.134. The molecule has 1 radical (unpaired) electrons. The molecule has 1 saturated heterocycles. The molecule has 0 aromatic carbocycles. The summed E-state index contributed by atoms with van der Waals surface area (Å²) in [6.45, 7) is 11.4. The van der Waals surface area contributed by atoms with Crippen molar-refractivity contribution in [1.82, 2.24) is 4.98 Å². The molecule has 1 aliphatic heterocycles. The van der Waals surface area contributed by atoms with E-state index in [2.05, 4.69) is 43.1 Å². The molecule has 0 aliphatic carbocycles. The summed E-state index contributed by atoms with van der Waals surface area (Å²) in [5.74, 6) is 0.881. The molecule has 0 bridgehead atoms. The summed E-state index contributed by atoms with van der Waals surface area (Å²) in [6.07, 6.45) is 2.61. The first-order valence-electron chi connectivity index (χ1n) is 6.11. The molecule has 3 heteroatoms. The van der Waals surface area contributed by atoms with Crippen molar-refractivity contribution in [2.75, 3.05) is 18.0 Å². The first-order chi connectivity index (χ1) is 7.48. The Kier molecular flexibility index (Phi) is 3.24. The van der Waals surface area contributed by atoms with E-state index in [-0.39, 0.29) is 5.41 Å². The van der Waals surface area contributed by atoms with E-state index in [4.69, 9.17) is 0 Å². The summed E-state index contributed by atoms with van der Waals surface area (Å²) >= 11 is 1.67. The second kappa shape index (κ2) is 4.36. The summed E-state index contributed by atoms with van der Waals surface area (Å²) in [5.41, 5.74) is 4.41. The summed E-state index contributed by atoms with van der Waals surface area (Å²) in [6, 6.07) is 0. The average Bonchev–Trinajstić information content (AvgIpc) is 2.66. The molecule has 0 saturated carbocycles. The van der Waals surface area contributed by atoms with Gasteiger partial charge in [-0.1, -0.05) is 39.0 Å². The fourth-order valence-corrected chi connectivity index (χ4v) is 3.11. The van der Waals surface area contributed by atoms with E-state index in [0.717, 1.165) is 5.92 Å². The average molecular weight is 237 g/mol. The Morgan fingerprint density at radius 3 is 2.50 bits per heavy atom. The highest BCUT2D eigenvalue weighted by atomic mass is 32.1. The Bertz CT molecular complexity index is 343. The highest BCUT2D eigenvalue weighted by Gasteiger charge is 2.26. The number of hydrogen-bond acceptors (Lipinski definition) is 3. The number of thiazole rings is 1. The Labute approximate surface area is 103 Å². The Morgan fingerprint density at radius 2 is 1.94 bits per heavy atom. The highest BCUT2D eigenvalue weighted by molar-refractivity contribution is 7.13. The Morgan fingerprint density at radius 1 is 1.31 bits per heavy atom. The maximum absolute atomic E-state index is 4.43. The second-order valence-corrected chi connectivity index (χ2v) is 6.65. The molecule has 1 aromatic rings. The molecule has 2 nitrogen and oxygen atoms in total. The van der Waals surface area contributed by atoms with Gasteiger partial charge in [0.25, 0.3) is 0 Å². The number of hydrogen-bond donors (Lipinski definition) is 0. The maximum atomic E-state index is 4.43. The number of anilines is 1. The lowest BCUT2D eigenvalue weighted by atomic mass is 9.91. The van der Waals surface area contributed by atoms with Gasteiger partial charge in [0, 0.05) is 18.5 Å². The van der Waals surface area contributed by atoms with Crippen LogP contribution in [0.25, 0.3) is 0 Å². The van der Waals surface area contributed by atoms with Crippen LogP contribution in [0.15, 0.2) is 0 Å². The van der Waals surface area contributed by atoms with E-state index in [1.165, 1.54) is 36.6 Å². The molecule has 1 fully saturated rings. The second-order valence-electron chi connectivity index (χ2n) is 5.88. The summed E-state index contributed by atoms with van der Waals surface area (Å²) in [7, 11) is 0. The van der Waals surface area contributed by atoms with Crippen molar-refractivity contribution in [1.29, 1.82) is 0 Å². The fraction of sp³-hybridized carbons (Fsp3) is 0.769. The molecule has 0 atom stereocenters. The number of aromatic nitrogens is 1. The zero-order chi connectivity index (χ0) is 11.8. The van der Waals surface area contributed by atoms with Crippen molar-refractivity contribution >= 4 is 16.3 Å². The predicted octanol–water partition coefficient (Wildman–Crippen LogP) is 3.48. The zero-order valence-electron chi connectivity index (χ0n) is 10.7. The molecule has 0 amide bonds. The Balaban J connectivity index is 2.18. The van der Waals surface area contributed by atoms with Crippen LogP contribution in [0.2, 0.25) is 0 Å². The molecular formula is C13H21N2S. The predicted molar refractivity (Wildman–Crippen MR) is 70.3 cm³/mol. The summed E-state index contributed by atoms with van der Waals surface area (Å²) in [5, 5.41) is 1.35. The fourth-order valence-electron chi connectivity index (χ4n) is 2.12. The molecule has 2 rings (SSSR count). The van der Waals surface area contributed by atoms with Crippen LogP contribution in [0.5, 0.6) is 0 Å². The topological polar surface area (TPSA) is 16.1 Å². The van der Waals surface area contributed by atoms with Gasteiger partial charge >= 0.3 is 0 Å². The molecule has 2 heterocycles. The lowest BCUT2D eigenvalue weighted by Crippen LogP contribution is -2.33. The van der Waals surface area contributed by atoms with Gasteiger partial charge < -0.3 is 4.90 Å². The third-order valence-electron chi connectivity index (χ3n) is 3.28. The zero-order valence-corrected chi connectivity index (χ0v) is 11.5. The van der Waals surface area contributed by atoms with E-state index in [9.17, 15) is 0 Å². The number of piperidine rings is 1. The molecule has 0 N–H and O–H groups in total. The molecule has 0 unspecified atom stereocenters. The normalized spacial score (nSPS) is 19.1. The molecular weight excluding hydrogens is 216 g/mol. The van der Waals surface area contributed by atoms with Crippen LogP contribution in [0, 0.1) is 11.4 Å². The van der Waals surface area contributed by atoms with Crippen LogP contribution in [0.3, 0.4) is 0 Å². The third kappa shape index (κ3) is 2.40. The lowest BCUT2D eigenvalue weighted by Gasteiger charge is -2.33. The largest absolute Gasteiger partial charge is 0.362 e. The smallest absolute Gasteiger partial charge is 0.154 e. The quantitative estimate of drug-likeness (QED) is 0.743. The standard InChI is InChI=1S/C13H21N2S/c1-10-5-7-15(8-6-10)12-11(13(2,3)4)14-9-16-12/h10H,5-8H2,1-4H3. The van der Waals surface area contributed by atoms with Gasteiger partial charge in [0.05, 0.1) is 5.69 Å². The van der Waals surface area contributed by atoms with Crippen molar-refractivity contribution in [3.8, 4) is 0 Å². The highest BCUT2D eigenvalue weighted by Crippen LogP contribution is 2.35. The number of rotatable bonds is 1. The van der Waals surface area contributed by atoms with Crippen LogP contribution in [-0.4, -0.2) is 18.1 Å². The van der Waals surface area contributed by atoms with Crippen molar-refractivity contribution in [3.05, 3.63) is 11.2 Å². The molecule has 0 spiro atoms. The van der Waals surface area contributed by atoms with Gasteiger partial charge in [0.2, 0.25) is 0 Å². The molecule has 16 heavy (non-hydrogen) atoms. The summed E-state index contributed by atoms with van der Waals surface area (Å²) < 4.78 is 0. The third-order valence-corrected chi connectivity index (χ3v) is 4.11. The van der Waals surface area contributed by atoms with Crippen molar-refractivity contribution in [2.45, 2.75) is 46.0 Å². The van der Waals surface area contributed by atoms with Crippen LogP contribution in [-0.2, 0) is 5.41 Å². The van der Waals surface area contributed by atoms with Gasteiger partial charge in [0.15, 0.2) is 5.51 Å². The van der Waals surface area contributed by atoms with E-state index in [1.807, 2.05) is 0 Å². The number of nitrogens with zero attached hydrogens (tertiary/aromatic N) is 2. The van der Waals surface area contributed by atoms with E-state index >= 15 is 0 Å². The lowest BCUT2D eigenvalue weighted by molar-refractivity contribution is 0.437. The molecule has 89 valence electrons. The first-order valence-corrected chi connectivity index (χ1v) is 6.92. The van der Waals surface area contributed by atoms with Gasteiger partial charge in [-0.3, -0.25) is 0 Å². The first kappa shape index (κ1) is 11.9. The SMILES string of the molecule is CC1CCN(c2s[c]nc2C(C)(C)C)CC1. The van der Waals surface area contributed by atoms with Crippen molar-refractivity contribution in [3.63, 3.8) is 0 Å². The Hall–Kier alpha value is -0.570. The van der Waals surface area contributed by atoms with E-state index < -0.39 is 0 Å². The van der Waals surface area contributed by atoms with Crippen molar-refractivity contribution in [2.24, 2.45) is 5.92 Å². The minimum Gasteiger partial charge on any atom is -0.362 e. The minimum absolute atomic E-state index is 0.134. The van der Waals surface area contributed by atoms with E-state index in [0.29, 0.717) is 0 Å². The summed E-state index contributed by atoms with van der Waals surface area (Å²) in [4.78, 5) is 6.93. The van der Waals surface area contributed by atoms with Crippen LogP contribution in [0.4, 0.5) is 5.00 Å². The van der Waals surface area contributed by atoms with E-state index in [1.54, 1.807) is 11.3 Å².